The molecule has 0 saturated carbocycles. The smallest absolute Gasteiger partial charge is 0.226 e. The van der Waals surface area contributed by atoms with Crippen LogP contribution in [0.15, 0.2) is 120 Å². The molecule has 1 aromatic heterocycles. The Morgan fingerprint density at radius 1 is 0.744 bits per heavy atom. The topological polar surface area (TPSA) is 82.7 Å². The average molecular weight is 513 g/mol. The lowest BCUT2D eigenvalue weighted by Gasteiger charge is -2.38. The number of fused-ring (bicyclic) bond motifs is 1. The first-order chi connectivity index (χ1) is 19.3. The van der Waals surface area contributed by atoms with Crippen LogP contribution in [0.1, 0.15) is 22.3 Å². The molecule has 191 valence electrons. The van der Waals surface area contributed by atoms with E-state index in [-0.39, 0.29) is 0 Å². The fourth-order valence-electron chi connectivity index (χ4n) is 4.87. The highest BCUT2D eigenvalue weighted by atomic mass is 16.5. The zero-order valence-corrected chi connectivity index (χ0v) is 21.4. The van der Waals surface area contributed by atoms with Crippen molar-refractivity contribution in [3.63, 3.8) is 0 Å². The second-order valence-electron chi connectivity index (χ2n) is 8.99. The van der Waals surface area contributed by atoms with Gasteiger partial charge in [-0.15, -0.1) is 0 Å². The van der Waals surface area contributed by atoms with Crippen LogP contribution < -0.4 is 20.1 Å². The molecule has 1 N–H and O–H groups in total. The first kappa shape index (κ1) is 24.2. The number of hydrogen-bond acceptors (Lipinski definition) is 6. The highest BCUT2D eigenvalue weighted by Gasteiger charge is 2.42. The second kappa shape index (κ2) is 10.7. The minimum absolute atomic E-state index is 0.395. The minimum Gasteiger partial charge on any atom is -0.496 e. The molecule has 6 rings (SSSR count). The van der Waals surface area contributed by atoms with Crippen molar-refractivity contribution in [3.8, 4) is 11.5 Å². The van der Waals surface area contributed by atoms with E-state index in [4.69, 9.17) is 14.5 Å². The van der Waals surface area contributed by atoms with Crippen LogP contribution in [-0.2, 0) is 12.1 Å². The van der Waals surface area contributed by atoms with Gasteiger partial charge in [0, 0.05) is 0 Å². The predicted molar refractivity (Wildman–Crippen MR) is 152 cm³/mol. The number of hydrogen-bond donors (Lipinski definition) is 1. The van der Waals surface area contributed by atoms with E-state index in [1.165, 1.54) is 6.34 Å². The van der Waals surface area contributed by atoms with Gasteiger partial charge in [0.1, 0.15) is 35.7 Å². The molecule has 0 unspecified atom stereocenters. The van der Waals surface area contributed by atoms with Gasteiger partial charge in [-0.1, -0.05) is 97.1 Å². The van der Waals surface area contributed by atoms with Crippen LogP contribution in [0.25, 0.3) is 0 Å². The molecular weight excluding hydrogens is 486 g/mol. The summed E-state index contributed by atoms with van der Waals surface area (Å²) in [4.78, 5) is 13.5. The van der Waals surface area contributed by atoms with E-state index >= 15 is 0 Å². The summed E-state index contributed by atoms with van der Waals surface area (Å²) < 4.78 is 12.5. The van der Waals surface area contributed by atoms with Gasteiger partial charge in [0.2, 0.25) is 5.95 Å². The summed E-state index contributed by atoms with van der Waals surface area (Å²) in [5, 5.41) is 7.98. The lowest BCUT2D eigenvalue weighted by atomic mass is 9.76. The number of nitrogens with one attached hydrogen (secondary N) is 1. The van der Waals surface area contributed by atoms with E-state index in [9.17, 15) is 0 Å². The van der Waals surface area contributed by atoms with Gasteiger partial charge in [-0.25, -0.2) is 15.3 Å². The van der Waals surface area contributed by atoms with Gasteiger partial charge in [-0.2, -0.15) is 4.98 Å². The lowest BCUT2D eigenvalue weighted by Crippen LogP contribution is -2.39. The fourth-order valence-corrected chi connectivity index (χ4v) is 4.87. The van der Waals surface area contributed by atoms with Crippen LogP contribution in [0.5, 0.6) is 11.5 Å². The molecule has 0 spiro atoms. The standard InChI is InChI=1S/C32H26N5O2/c1-38-27-18-11-19-28(39-21-23-12-5-2-6-13-23)29(27)32(24-14-7-3-8-15-24,25-16-9-4-10-17-25)37-31-33-20-26-30(36-31)35-22-34-26/h2-20,22H,21H2,1H3,(H,33,36,37). The number of aromatic nitrogens is 2. The molecular formula is C32H26N5O2. The van der Waals surface area contributed by atoms with Gasteiger partial charge in [-0.05, 0) is 28.8 Å². The van der Waals surface area contributed by atoms with E-state index in [0.717, 1.165) is 22.3 Å². The molecule has 0 fully saturated rings. The first-order valence-electron chi connectivity index (χ1n) is 12.6. The van der Waals surface area contributed by atoms with Gasteiger partial charge < -0.3 is 14.8 Å². The van der Waals surface area contributed by atoms with Crippen molar-refractivity contribution in [1.29, 1.82) is 0 Å². The molecule has 0 amide bonds. The van der Waals surface area contributed by atoms with Crippen LogP contribution in [0.2, 0.25) is 0 Å². The molecule has 39 heavy (non-hydrogen) atoms. The number of anilines is 1. The maximum absolute atomic E-state index is 6.53. The van der Waals surface area contributed by atoms with Crippen molar-refractivity contribution < 1.29 is 9.47 Å². The molecule has 0 atom stereocenters. The minimum atomic E-state index is -0.991. The van der Waals surface area contributed by atoms with E-state index in [0.29, 0.717) is 35.6 Å². The molecule has 4 aromatic carbocycles. The number of rotatable bonds is 9. The Morgan fingerprint density at radius 2 is 1.38 bits per heavy atom. The Kier molecular flexibility index (Phi) is 6.62. The third-order valence-corrected chi connectivity index (χ3v) is 6.66. The third-order valence-electron chi connectivity index (χ3n) is 6.66. The summed E-state index contributed by atoms with van der Waals surface area (Å²) >= 11 is 0. The maximum Gasteiger partial charge on any atom is 0.226 e. The number of aliphatic imine (C=N–C) groups is 1. The van der Waals surface area contributed by atoms with Gasteiger partial charge in [0.15, 0.2) is 5.82 Å². The number of ether oxygens (including phenoxy) is 2. The summed E-state index contributed by atoms with van der Waals surface area (Å²) in [6, 6.07) is 36.3. The summed E-state index contributed by atoms with van der Waals surface area (Å²) in [6.07, 6.45) is 3.16. The van der Waals surface area contributed by atoms with Crippen molar-refractivity contribution in [2.45, 2.75) is 12.1 Å². The first-order valence-corrected chi connectivity index (χ1v) is 12.6. The van der Waals surface area contributed by atoms with Crippen molar-refractivity contribution in [1.82, 2.24) is 15.3 Å². The Morgan fingerprint density at radius 3 is 2.05 bits per heavy atom. The third kappa shape index (κ3) is 4.66. The summed E-state index contributed by atoms with van der Waals surface area (Å²) in [5.74, 6) is 2.25. The molecule has 0 saturated heterocycles. The zero-order chi connectivity index (χ0) is 26.5. The average Bonchev–Trinajstić information content (AvgIpc) is 3.48. The summed E-state index contributed by atoms with van der Waals surface area (Å²) in [7, 11) is 1.67. The predicted octanol–water partition coefficient (Wildman–Crippen LogP) is 6.38. The fraction of sp³-hybridized carbons (Fsp3) is 0.0938. The van der Waals surface area contributed by atoms with Crippen LogP contribution in [0.4, 0.5) is 17.5 Å². The molecule has 2 heterocycles. The number of benzene rings is 4. The van der Waals surface area contributed by atoms with Crippen LogP contribution in [0, 0.1) is 0 Å². The van der Waals surface area contributed by atoms with Gasteiger partial charge in [0.05, 0.1) is 18.9 Å². The Bertz CT molecular complexity index is 1550. The highest BCUT2D eigenvalue weighted by molar-refractivity contribution is 5.79. The quantitative estimate of drug-likeness (QED) is 0.232. The maximum atomic E-state index is 6.53. The second-order valence-corrected chi connectivity index (χ2v) is 8.99. The highest BCUT2D eigenvalue weighted by Crippen LogP contribution is 2.48. The van der Waals surface area contributed by atoms with Gasteiger partial charge in [-0.3, -0.25) is 0 Å². The van der Waals surface area contributed by atoms with Gasteiger partial charge in [0.25, 0.3) is 0 Å². The SMILES string of the molecule is COc1cccc(OCc2ccccc2)c1C(Nc1ncc2c(n1)[N]C=N2)(c1ccccc1)c1ccccc1. The molecule has 5 aromatic rings. The normalized spacial score (nSPS) is 11.9. The van der Waals surface area contributed by atoms with Crippen molar-refractivity contribution in [2.24, 2.45) is 4.99 Å². The lowest BCUT2D eigenvalue weighted by molar-refractivity contribution is 0.295. The van der Waals surface area contributed by atoms with E-state index < -0.39 is 5.54 Å². The molecule has 7 heteroatoms. The Balaban J connectivity index is 1.59. The Hall–Kier alpha value is -5.17. The van der Waals surface area contributed by atoms with Crippen molar-refractivity contribution >= 4 is 23.8 Å². The molecule has 0 aliphatic carbocycles. The molecule has 7 nitrogen and oxygen atoms in total. The van der Waals surface area contributed by atoms with Crippen molar-refractivity contribution in [3.05, 3.63) is 138 Å². The largest absolute Gasteiger partial charge is 0.496 e. The summed E-state index contributed by atoms with van der Waals surface area (Å²) in [5.41, 5.74) is 3.43. The number of nitrogens with zero attached hydrogens (tertiary/aromatic N) is 4. The number of methoxy groups -OCH3 is 1. The van der Waals surface area contributed by atoms with Crippen LogP contribution >= 0.6 is 0 Å². The summed E-state index contributed by atoms with van der Waals surface area (Å²) in [6.45, 7) is 0.395. The van der Waals surface area contributed by atoms with Gasteiger partial charge >= 0.3 is 0 Å². The van der Waals surface area contributed by atoms with E-state index in [1.807, 2.05) is 84.9 Å². The molecule has 0 bridgehead atoms. The van der Waals surface area contributed by atoms with E-state index in [1.54, 1.807) is 13.3 Å². The monoisotopic (exact) mass is 512 g/mol. The van der Waals surface area contributed by atoms with E-state index in [2.05, 4.69) is 44.9 Å². The zero-order valence-electron chi connectivity index (χ0n) is 21.4. The molecule has 1 radical (unpaired) electrons. The Labute approximate surface area is 227 Å². The van der Waals surface area contributed by atoms with Crippen LogP contribution in [-0.4, -0.2) is 23.4 Å². The molecule has 1 aliphatic rings. The molecule has 1 aliphatic heterocycles. The van der Waals surface area contributed by atoms with Crippen molar-refractivity contribution in [2.75, 3.05) is 12.4 Å². The van der Waals surface area contributed by atoms with Crippen LogP contribution in [0.3, 0.4) is 0 Å².